The number of rotatable bonds is 3. The molecule has 0 aromatic heterocycles. The molecular formula is C18H17NO2. The molecule has 0 bridgehead atoms. The summed E-state index contributed by atoms with van der Waals surface area (Å²) in [6.07, 6.45) is 5.29. The molecule has 1 N–H and O–H groups in total. The minimum absolute atomic E-state index is 0.333. The van der Waals surface area contributed by atoms with Gasteiger partial charge in [0.2, 0.25) is 0 Å². The van der Waals surface area contributed by atoms with Gasteiger partial charge in [-0.05, 0) is 24.1 Å². The number of hydrogen-bond acceptors (Lipinski definition) is 2. The first-order chi connectivity index (χ1) is 10.3. The zero-order valence-corrected chi connectivity index (χ0v) is 11.7. The van der Waals surface area contributed by atoms with Crippen LogP contribution in [0.15, 0.2) is 60.7 Å². The average molecular weight is 279 g/mol. The van der Waals surface area contributed by atoms with Crippen LogP contribution in [0.2, 0.25) is 0 Å². The third kappa shape index (κ3) is 2.82. The molecule has 0 fully saturated rings. The molecule has 1 aliphatic rings. The van der Waals surface area contributed by atoms with E-state index in [4.69, 9.17) is 0 Å². The Morgan fingerprint density at radius 2 is 1.86 bits per heavy atom. The Morgan fingerprint density at radius 1 is 1.05 bits per heavy atom. The highest BCUT2D eigenvalue weighted by molar-refractivity contribution is 5.92. The van der Waals surface area contributed by atoms with Crippen molar-refractivity contribution in [1.29, 1.82) is 0 Å². The van der Waals surface area contributed by atoms with Crippen LogP contribution in [0.3, 0.4) is 0 Å². The number of carbonyl (C=O) groups is 1. The van der Waals surface area contributed by atoms with Crippen molar-refractivity contribution in [2.24, 2.45) is 0 Å². The zero-order chi connectivity index (χ0) is 14.7. The van der Waals surface area contributed by atoms with Gasteiger partial charge in [-0.25, -0.2) is 4.79 Å². The zero-order valence-electron chi connectivity index (χ0n) is 11.7. The second kappa shape index (κ2) is 5.83. The van der Waals surface area contributed by atoms with Gasteiger partial charge in [0.25, 0.3) is 0 Å². The number of benzene rings is 2. The Morgan fingerprint density at radius 3 is 2.52 bits per heavy atom. The molecule has 0 radical (unpaired) electrons. The minimum atomic E-state index is -0.886. The van der Waals surface area contributed by atoms with Crippen molar-refractivity contribution in [2.45, 2.75) is 6.42 Å². The Hall–Kier alpha value is -2.55. The smallest absolute Gasteiger partial charge is 0.335 e. The SMILES string of the molecule is O=C(O)c1ccc(-c2ccccc2)c(N2CC=CCC2)c1. The van der Waals surface area contributed by atoms with Crippen LogP contribution in [0.25, 0.3) is 11.1 Å². The molecule has 0 aliphatic carbocycles. The predicted octanol–water partition coefficient (Wildman–Crippen LogP) is 3.82. The van der Waals surface area contributed by atoms with Gasteiger partial charge in [-0.1, -0.05) is 48.6 Å². The second-order valence-corrected chi connectivity index (χ2v) is 5.11. The lowest BCUT2D eigenvalue weighted by atomic mass is 10.00. The molecule has 1 heterocycles. The Bertz CT molecular complexity index is 677. The maximum Gasteiger partial charge on any atom is 0.335 e. The van der Waals surface area contributed by atoms with Gasteiger partial charge in [0.1, 0.15) is 0 Å². The van der Waals surface area contributed by atoms with Gasteiger partial charge in [-0.3, -0.25) is 0 Å². The monoisotopic (exact) mass is 279 g/mol. The summed E-state index contributed by atoms with van der Waals surface area (Å²) in [6.45, 7) is 1.74. The molecule has 3 heteroatoms. The van der Waals surface area contributed by atoms with E-state index >= 15 is 0 Å². The summed E-state index contributed by atoms with van der Waals surface area (Å²) >= 11 is 0. The van der Waals surface area contributed by atoms with E-state index in [2.05, 4.69) is 29.2 Å². The van der Waals surface area contributed by atoms with Crippen molar-refractivity contribution >= 4 is 11.7 Å². The van der Waals surface area contributed by atoms with E-state index in [1.165, 1.54) is 0 Å². The Balaban J connectivity index is 2.10. The van der Waals surface area contributed by atoms with Crippen LogP contribution < -0.4 is 4.90 Å². The first kappa shape index (κ1) is 13.4. The lowest BCUT2D eigenvalue weighted by Crippen LogP contribution is -2.27. The normalized spacial score (nSPS) is 14.2. The van der Waals surface area contributed by atoms with E-state index in [0.717, 1.165) is 36.3 Å². The van der Waals surface area contributed by atoms with Gasteiger partial charge in [0.05, 0.1) is 5.56 Å². The van der Waals surface area contributed by atoms with Gasteiger partial charge in [-0.2, -0.15) is 0 Å². The van der Waals surface area contributed by atoms with E-state index in [1.54, 1.807) is 12.1 Å². The lowest BCUT2D eigenvalue weighted by Gasteiger charge is -2.28. The quantitative estimate of drug-likeness (QED) is 0.868. The summed E-state index contributed by atoms with van der Waals surface area (Å²) in [5.74, 6) is -0.886. The van der Waals surface area contributed by atoms with E-state index in [1.807, 2.05) is 24.3 Å². The fourth-order valence-corrected chi connectivity index (χ4v) is 2.65. The Kier molecular flexibility index (Phi) is 3.73. The maximum atomic E-state index is 11.3. The highest BCUT2D eigenvalue weighted by Gasteiger charge is 2.15. The topological polar surface area (TPSA) is 40.5 Å². The summed E-state index contributed by atoms with van der Waals surface area (Å²) in [7, 11) is 0. The Labute approximate surface area is 124 Å². The largest absolute Gasteiger partial charge is 0.478 e. The third-order valence-electron chi connectivity index (χ3n) is 3.73. The minimum Gasteiger partial charge on any atom is -0.478 e. The van der Waals surface area contributed by atoms with Crippen LogP contribution in [0, 0.1) is 0 Å². The summed E-state index contributed by atoms with van der Waals surface area (Å²) in [6, 6.07) is 15.5. The number of hydrogen-bond donors (Lipinski definition) is 1. The molecule has 2 aromatic carbocycles. The van der Waals surface area contributed by atoms with Crippen molar-refractivity contribution in [3.8, 4) is 11.1 Å². The summed E-state index contributed by atoms with van der Waals surface area (Å²) in [5, 5.41) is 9.24. The first-order valence-corrected chi connectivity index (χ1v) is 7.08. The molecule has 0 spiro atoms. The standard InChI is InChI=1S/C18H17NO2/c20-18(21)15-9-10-16(14-7-3-1-4-8-14)17(13-15)19-11-5-2-6-12-19/h1-5,7-10,13H,6,11-12H2,(H,20,21). The summed E-state index contributed by atoms with van der Waals surface area (Å²) < 4.78 is 0. The summed E-state index contributed by atoms with van der Waals surface area (Å²) in [4.78, 5) is 13.5. The van der Waals surface area contributed by atoms with Crippen LogP contribution in [-0.4, -0.2) is 24.2 Å². The van der Waals surface area contributed by atoms with Gasteiger partial charge in [0.15, 0.2) is 0 Å². The molecular weight excluding hydrogens is 262 g/mol. The van der Waals surface area contributed by atoms with Crippen LogP contribution >= 0.6 is 0 Å². The number of aromatic carboxylic acids is 1. The molecule has 0 atom stereocenters. The molecule has 3 nitrogen and oxygen atoms in total. The van der Waals surface area contributed by atoms with Crippen molar-refractivity contribution in [3.05, 3.63) is 66.2 Å². The van der Waals surface area contributed by atoms with Crippen molar-refractivity contribution in [3.63, 3.8) is 0 Å². The fraction of sp³-hybridized carbons (Fsp3) is 0.167. The van der Waals surface area contributed by atoms with Gasteiger partial charge in [-0.15, -0.1) is 0 Å². The van der Waals surface area contributed by atoms with Gasteiger partial charge in [0, 0.05) is 24.3 Å². The molecule has 0 saturated heterocycles. The van der Waals surface area contributed by atoms with E-state index in [9.17, 15) is 9.90 Å². The highest BCUT2D eigenvalue weighted by atomic mass is 16.4. The van der Waals surface area contributed by atoms with Crippen LogP contribution in [-0.2, 0) is 0 Å². The third-order valence-corrected chi connectivity index (χ3v) is 3.73. The number of nitrogens with zero attached hydrogens (tertiary/aromatic N) is 1. The molecule has 1 aliphatic heterocycles. The van der Waals surface area contributed by atoms with Crippen molar-refractivity contribution in [1.82, 2.24) is 0 Å². The highest BCUT2D eigenvalue weighted by Crippen LogP contribution is 2.32. The fourth-order valence-electron chi connectivity index (χ4n) is 2.65. The van der Waals surface area contributed by atoms with Crippen LogP contribution in [0.4, 0.5) is 5.69 Å². The molecule has 21 heavy (non-hydrogen) atoms. The molecule has 2 aromatic rings. The lowest BCUT2D eigenvalue weighted by molar-refractivity contribution is 0.0697. The number of anilines is 1. The average Bonchev–Trinajstić information content (AvgIpc) is 2.56. The molecule has 0 unspecified atom stereocenters. The maximum absolute atomic E-state index is 11.3. The van der Waals surface area contributed by atoms with Gasteiger partial charge < -0.3 is 10.0 Å². The van der Waals surface area contributed by atoms with E-state index in [0.29, 0.717) is 5.56 Å². The van der Waals surface area contributed by atoms with E-state index in [-0.39, 0.29) is 0 Å². The second-order valence-electron chi connectivity index (χ2n) is 5.11. The van der Waals surface area contributed by atoms with E-state index < -0.39 is 5.97 Å². The van der Waals surface area contributed by atoms with Gasteiger partial charge >= 0.3 is 5.97 Å². The van der Waals surface area contributed by atoms with Crippen LogP contribution in [0.5, 0.6) is 0 Å². The molecule has 106 valence electrons. The first-order valence-electron chi connectivity index (χ1n) is 7.08. The van der Waals surface area contributed by atoms with Crippen LogP contribution in [0.1, 0.15) is 16.8 Å². The summed E-state index contributed by atoms with van der Waals surface area (Å²) in [5.41, 5.74) is 3.51. The molecule has 0 saturated carbocycles. The molecule has 3 rings (SSSR count). The predicted molar refractivity (Wildman–Crippen MR) is 84.8 cm³/mol. The molecule has 0 amide bonds. The number of carboxylic acid groups (broad SMARTS) is 1. The van der Waals surface area contributed by atoms with Crippen molar-refractivity contribution in [2.75, 3.05) is 18.0 Å². The van der Waals surface area contributed by atoms with Crippen molar-refractivity contribution < 1.29 is 9.90 Å². The number of carboxylic acids is 1.